The quantitative estimate of drug-likeness (QED) is 0.534. The third-order valence-electron chi connectivity index (χ3n) is 4.70. The van der Waals surface area contributed by atoms with Crippen LogP contribution in [0.25, 0.3) is 11.3 Å². The van der Waals surface area contributed by atoms with Crippen molar-refractivity contribution in [1.29, 1.82) is 0 Å². The first-order valence-corrected chi connectivity index (χ1v) is 9.25. The van der Waals surface area contributed by atoms with Gasteiger partial charge in [-0.3, -0.25) is 4.68 Å². The molecule has 30 heavy (non-hydrogen) atoms. The molecule has 4 rings (SSSR count). The molecule has 0 spiro atoms. The van der Waals surface area contributed by atoms with E-state index in [2.05, 4.69) is 9.84 Å². The summed E-state index contributed by atoms with van der Waals surface area (Å²) in [5.41, 5.74) is 1.33. The van der Waals surface area contributed by atoms with Gasteiger partial charge in [0.1, 0.15) is 11.9 Å². The molecule has 0 aliphatic carbocycles. The summed E-state index contributed by atoms with van der Waals surface area (Å²) < 4.78 is 69.7. The van der Waals surface area contributed by atoms with Crippen LogP contribution in [0.15, 0.2) is 54.7 Å². The van der Waals surface area contributed by atoms with Gasteiger partial charge in [-0.15, -0.1) is 0 Å². The molecule has 1 aromatic heterocycles. The highest BCUT2D eigenvalue weighted by atomic mass is 19.3. The molecule has 5 nitrogen and oxygen atoms in total. The van der Waals surface area contributed by atoms with Crippen LogP contribution < -0.4 is 4.74 Å². The Kier molecular flexibility index (Phi) is 6.01. The molecule has 2 heterocycles. The summed E-state index contributed by atoms with van der Waals surface area (Å²) in [5.74, 6) is -1.40. The maximum absolute atomic E-state index is 13.9. The number of hydrogen-bond acceptors (Lipinski definition) is 4. The maximum Gasteiger partial charge on any atom is 0.345 e. The Bertz CT molecular complexity index is 1010. The van der Waals surface area contributed by atoms with Gasteiger partial charge in [0.05, 0.1) is 25.5 Å². The number of rotatable bonds is 7. The van der Waals surface area contributed by atoms with Gasteiger partial charge in [-0.1, -0.05) is 24.3 Å². The molecular weight excluding hydrogens is 404 g/mol. The number of alkyl halides is 2. The van der Waals surface area contributed by atoms with Crippen molar-refractivity contribution >= 4 is 0 Å². The molecule has 1 unspecified atom stereocenters. The van der Waals surface area contributed by atoms with Crippen LogP contribution in [-0.4, -0.2) is 41.8 Å². The number of halogens is 4. The minimum absolute atomic E-state index is 0.0188. The van der Waals surface area contributed by atoms with Gasteiger partial charge in [0.15, 0.2) is 17.7 Å². The second-order valence-electron chi connectivity index (χ2n) is 6.74. The van der Waals surface area contributed by atoms with E-state index in [0.717, 1.165) is 6.07 Å². The number of ether oxygens (including phenoxy) is 3. The second kappa shape index (κ2) is 8.85. The van der Waals surface area contributed by atoms with E-state index in [-0.39, 0.29) is 25.3 Å². The number of nitrogens with zero attached hydrogens (tertiary/aromatic N) is 2. The normalized spacial score (nSPS) is 18.8. The number of hydrogen-bond donors (Lipinski definition) is 0. The van der Waals surface area contributed by atoms with Crippen molar-refractivity contribution in [3.05, 3.63) is 71.9 Å². The maximum atomic E-state index is 13.9. The molecule has 0 amide bonds. The molecule has 0 saturated carbocycles. The molecule has 1 aliphatic heterocycles. The van der Waals surface area contributed by atoms with Crippen LogP contribution in [0.5, 0.6) is 5.75 Å². The fraction of sp³-hybridized carbons (Fsp3) is 0.286. The number of para-hydroxylation sites is 1. The monoisotopic (exact) mass is 422 g/mol. The second-order valence-corrected chi connectivity index (χ2v) is 6.74. The molecule has 1 fully saturated rings. The van der Waals surface area contributed by atoms with Gasteiger partial charge in [-0.25, -0.2) is 8.78 Å². The zero-order chi connectivity index (χ0) is 21.1. The van der Waals surface area contributed by atoms with Gasteiger partial charge in [0.25, 0.3) is 0 Å². The molecule has 3 aromatic rings. The minimum atomic E-state index is -2.92. The highest BCUT2D eigenvalue weighted by molar-refractivity contribution is 5.66. The molecule has 0 radical (unpaired) electrons. The lowest BCUT2D eigenvalue weighted by Gasteiger charge is -2.20. The Hall–Kier alpha value is -2.91. The third-order valence-corrected chi connectivity index (χ3v) is 4.70. The van der Waals surface area contributed by atoms with Crippen molar-refractivity contribution in [3.8, 4) is 17.0 Å². The highest BCUT2D eigenvalue weighted by Gasteiger charge is 2.33. The first kappa shape index (κ1) is 20.4. The molecule has 1 saturated heterocycles. The molecular formula is C21H18F4N2O3. The Balaban J connectivity index is 1.54. The lowest BCUT2D eigenvalue weighted by Crippen LogP contribution is -2.34. The zero-order valence-corrected chi connectivity index (χ0v) is 15.7. The van der Waals surface area contributed by atoms with Crippen LogP contribution in [0.3, 0.4) is 0 Å². The number of aromatic nitrogens is 2. The van der Waals surface area contributed by atoms with E-state index in [9.17, 15) is 17.6 Å². The smallest absolute Gasteiger partial charge is 0.345 e. The number of benzene rings is 2. The van der Waals surface area contributed by atoms with Crippen molar-refractivity contribution in [1.82, 2.24) is 9.78 Å². The van der Waals surface area contributed by atoms with E-state index in [1.807, 2.05) is 0 Å². The highest BCUT2D eigenvalue weighted by Crippen LogP contribution is 2.31. The Labute approximate surface area is 169 Å². The molecule has 1 aliphatic rings. The van der Waals surface area contributed by atoms with Gasteiger partial charge in [-0.05, 0) is 24.3 Å². The summed E-state index contributed by atoms with van der Waals surface area (Å²) in [6.07, 6.45) is 0.0629. The average molecular weight is 422 g/mol. The lowest BCUT2D eigenvalue weighted by atomic mass is 10.1. The standard InChI is InChI=1S/C21H18F4N2O3/c22-15-6-3-4-13(20(15)23)10-27-9-8-16(26-27)14-5-1-2-7-17(14)29-18-11-28-12-19(18)30-21(24)25/h1-9,18-19,21H,10-12H2/t18-,19?/m1/s1. The summed E-state index contributed by atoms with van der Waals surface area (Å²) in [5, 5.41) is 4.41. The Morgan fingerprint density at radius 1 is 1.03 bits per heavy atom. The third kappa shape index (κ3) is 4.47. The molecule has 2 aromatic carbocycles. The lowest BCUT2D eigenvalue weighted by molar-refractivity contribution is -0.175. The van der Waals surface area contributed by atoms with E-state index >= 15 is 0 Å². The predicted octanol–water partition coefficient (Wildman–Crippen LogP) is 4.26. The molecule has 158 valence electrons. The zero-order valence-electron chi connectivity index (χ0n) is 15.7. The molecule has 9 heteroatoms. The Morgan fingerprint density at radius 2 is 1.83 bits per heavy atom. The van der Waals surface area contributed by atoms with Gasteiger partial charge in [0, 0.05) is 17.3 Å². The van der Waals surface area contributed by atoms with Crippen LogP contribution in [0.4, 0.5) is 17.6 Å². The minimum Gasteiger partial charge on any atom is -0.484 e. The van der Waals surface area contributed by atoms with Crippen molar-refractivity contribution in [2.24, 2.45) is 0 Å². The summed E-state index contributed by atoms with van der Waals surface area (Å²) in [6, 6.07) is 12.7. The van der Waals surface area contributed by atoms with E-state index < -0.39 is 30.5 Å². The van der Waals surface area contributed by atoms with E-state index in [4.69, 9.17) is 9.47 Å². The van der Waals surface area contributed by atoms with E-state index in [1.165, 1.54) is 16.8 Å². The molecule has 2 atom stereocenters. The van der Waals surface area contributed by atoms with Crippen molar-refractivity contribution < 1.29 is 31.8 Å². The van der Waals surface area contributed by atoms with Gasteiger partial charge in [0.2, 0.25) is 0 Å². The van der Waals surface area contributed by atoms with Crippen molar-refractivity contribution in [2.75, 3.05) is 13.2 Å². The van der Waals surface area contributed by atoms with Gasteiger partial charge >= 0.3 is 6.61 Å². The van der Waals surface area contributed by atoms with Crippen LogP contribution in [-0.2, 0) is 16.0 Å². The SMILES string of the molecule is Fc1cccc(Cn2ccc(-c3ccccc3O[C@@H]3COCC3OC(F)F)n2)c1F. The van der Waals surface area contributed by atoms with Gasteiger partial charge in [-0.2, -0.15) is 13.9 Å². The summed E-state index contributed by atoms with van der Waals surface area (Å²) in [7, 11) is 0. The van der Waals surface area contributed by atoms with Gasteiger partial charge < -0.3 is 14.2 Å². The first-order valence-electron chi connectivity index (χ1n) is 9.25. The van der Waals surface area contributed by atoms with Crippen LogP contribution in [0.1, 0.15) is 5.56 Å². The molecule has 0 N–H and O–H groups in total. The topological polar surface area (TPSA) is 45.5 Å². The van der Waals surface area contributed by atoms with E-state index in [0.29, 0.717) is 17.0 Å². The first-order chi connectivity index (χ1) is 14.5. The van der Waals surface area contributed by atoms with Crippen LogP contribution in [0.2, 0.25) is 0 Å². The summed E-state index contributed by atoms with van der Waals surface area (Å²) in [6.45, 7) is -2.73. The largest absolute Gasteiger partial charge is 0.484 e. The van der Waals surface area contributed by atoms with Crippen LogP contribution in [0, 0.1) is 11.6 Å². The van der Waals surface area contributed by atoms with Crippen molar-refractivity contribution in [2.45, 2.75) is 25.4 Å². The summed E-state index contributed by atoms with van der Waals surface area (Å²) >= 11 is 0. The van der Waals surface area contributed by atoms with Crippen LogP contribution >= 0.6 is 0 Å². The average Bonchev–Trinajstić information content (AvgIpc) is 3.35. The van der Waals surface area contributed by atoms with E-state index in [1.54, 1.807) is 36.5 Å². The van der Waals surface area contributed by atoms with Crippen molar-refractivity contribution in [3.63, 3.8) is 0 Å². The predicted molar refractivity (Wildman–Crippen MR) is 99.2 cm³/mol. The fourth-order valence-electron chi connectivity index (χ4n) is 3.27. The Morgan fingerprint density at radius 3 is 2.67 bits per heavy atom. The molecule has 0 bridgehead atoms. The fourth-order valence-corrected chi connectivity index (χ4v) is 3.27. The summed E-state index contributed by atoms with van der Waals surface area (Å²) in [4.78, 5) is 0.